The minimum absolute atomic E-state index is 0.0444. The Bertz CT molecular complexity index is 625. The third-order valence-electron chi connectivity index (χ3n) is 2.30. The van der Waals surface area contributed by atoms with E-state index in [1.807, 2.05) is 6.92 Å². The summed E-state index contributed by atoms with van der Waals surface area (Å²) in [6.07, 6.45) is 2.85. The molecular formula is C10H14N6O2S. The van der Waals surface area contributed by atoms with Gasteiger partial charge < -0.3 is 5.32 Å². The molecule has 3 N–H and O–H groups in total. The van der Waals surface area contributed by atoms with E-state index in [0.29, 0.717) is 18.2 Å². The summed E-state index contributed by atoms with van der Waals surface area (Å²) in [6.45, 7) is 2.50. The maximum Gasteiger partial charge on any atom is 0.244 e. The van der Waals surface area contributed by atoms with Crippen molar-refractivity contribution in [3.63, 3.8) is 0 Å². The number of hydrogen-bond acceptors (Lipinski definition) is 6. The van der Waals surface area contributed by atoms with Gasteiger partial charge in [0.1, 0.15) is 22.9 Å². The Morgan fingerprint density at radius 3 is 2.89 bits per heavy atom. The summed E-state index contributed by atoms with van der Waals surface area (Å²) >= 11 is 0. The van der Waals surface area contributed by atoms with E-state index in [1.165, 1.54) is 18.6 Å². The van der Waals surface area contributed by atoms with Crippen molar-refractivity contribution in [2.24, 2.45) is 0 Å². The number of sulfonamides is 1. The van der Waals surface area contributed by atoms with E-state index in [2.05, 4.69) is 30.2 Å². The fourth-order valence-electron chi connectivity index (χ4n) is 1.46. The lowest BCUT2D eigenvalue weighted by atomic mass is 10.4. The molecule has 0 spiro atoms. The molecule has 8 nitrogen and oxygen atoms in total. The highest BCUT2D eigenvalue weighted by Crippen LogP contribution is 2.17. The van der Waals surface area contributed by atoms with Crippen molar-refractivity contribution in [2.75, 3.05) is 11.9 Å². The van der Waals surface area contributed by atoms with E-state index in [-0.39, 0.29) is 11.4 Å². The first kappa shape index (κ1) is 13.4. The number of hydrogen-bond donors (Lipinski definition) is 3. The van der Waals surface area contributed by atoms with Crippen LogP contribution < -0.4 is 10.0 Å². The summed E-state index contributed by atoms with van der Waals surface area (Å²) in [5.74, 6) is 0.771. The molecule has 0 aliphatic heterocycles. The molecule has 0 saturated carbocycles. The summed E-state index contributed by atoms with van der Waals surface area (Å²) in [7, 11) is -3.65. The van der Waals surface area contributed by atoms with Gasteiger partial charge in [0.15, 0.2) is 0 Å². The molecule has 0 bridgehead atoms. The van der Waals surface area contributed by atoms with Gasteiger partial charge in [-0.2, -0.15) is 5.10 Å². The van der Waals surface area contributed by atoms with Crippen LogP contribution in [0.3, 0.4) is 0 Å². The standard InChI is InChI=1S/C10H14N6O2S/c1-2-11-10-8(4-3-5-12-10)19(17,18)15-6-9-13-7-14-16-9/h3-5,7,15H,2,6H2,1H3,(H,11,12)(H,13,14,16). The molecule has 0 radical (unpaired) electrons. The molecule has 0 fully saturated rings. The van der Waals surface area contributed by atoms with Crippen LogP contribution in [0.2, 0.25) is 0 Å². The van der Waals surface area contributed by atoms with Crippen LogP contribution in [0.25, 0.3) is 0 Å². The molecule has 0 aromatic carbocycles. The van der Waals surface area contributed by atoms with Crippen LogP contribution >= 0.6 is 0 Å². The number of H-pyrrole nitrogens is 1. The van der Waals surface area contributed by atoms with E-state index in [4.69, 9.17) is 0 Å². The number of aromatic amines is 1. The largest absolute Gasteiger partial charge is 0.369 e. The summed E-state index contributed by atoms with van der Waals surface area (Å²) in [5, 5.41) is 9.14. The Morgan fingerprint density at radius 1 is 1.37 bits per heavy atom. The Kier molecular flexibility index (Phi) is 4.07. The summed E-state index contributed by atoms with van der Waals surface area (Å²) in [6, 6.07) is 3.07. The van der Waals surface area contributed by atoms with Crippen molar-refractivity contribution in [1.29, 1.82) is 0 Å². The summed E-state index contributed by atoms with van der Waals surface area (Å²) in [5.41, 5.74) is 0. The predicted molar refractivity (Wildman–Crippen MR) is 68.8 cm³/mol. The Labute approximate surface area is 110 Å². The van der Waals surface area contributed by atoms with Crippen molar-refractivity contribution in [2.45, 2.75) is 18.4 Å². The zero-order chi connectivity index (χ0) is 13.7. The van der Waals surface area contributed by atoms with Crippen LogP contribution in [0.4, 0.5) is 5.82 Å². The third kappa shape index (κ3) is 3.26. The summed E-state index contributed by atoms with van der Waals surface area (Å²) < 4.78 is 26.8. The molecule has 0 unspecified atom stereocenters. The molecule has 2 aromatic rings. The number of aromatic nitrogens is 4. The van der Waals surface area contributed by atoms with Crippen LogP contribution in [-0.2, 0) is 16.6 Å². The van der Waals surface area contributed by atoms with Gasteiger partial charge in [0.25, 0.3) is 0 Å². The average Bonchev–Trinajstić information content (AvgIpc) is 2.91. The van der Waals surface area contributed by atoms with Crippen LogP contribution in [0.5, 0.6) is 0 Å². The fraction of sp³-hybridized carbons (Fsp3) is 0.300. The Balaban J connectivity index is 2.19. The van der Waals surface area contributed by atoms with E-state index in [0.717, 1.165) is 0 Å². The Hall–Kier alpha value is -2.00. The Morgan fingerprint density at radius 2 is 2.21 bits per heavy atom. The highest BCUT2D eigenvalue weighted by Gasteiger charge is 2.19. The van der Waals surface area contributed by atoms with Gasteiger partial charge >= 0.3 is 0 Å². The SMILES string of the molecule is CCNc1ncccc1S(=O)(=O)NCc1ncn[nH]1. The minimum Gasteiger partial charge on any atom is -0.369 e. The first-order valence-corrected chi connectivity index (χ1v) is 7.14. The van der Waals surface area contributed by atoms with Gasteiger partial charge in [-0.15, -0.1) is 0 Å². The lowest BCUT2D eigenvalue weighted by Gasteiger charge is -2.10. The predicted octanol–water partition coefficient (Wildman–Crippen LogP) is 0.110. The smallest absolute Gasteiger partial charge is 0.244 e. The maximum atomic E-state index is 12.2. The highest BCUT2D eigenvalue weighted by atomic mass is 32.2. The molecule has 102 valence electrons. The third-order valence-corrected chi connectivity index (χ3v) is 3.73. The molecule has 0 aliphatic carbocycles. The van der Waals surface area contributed by atoms with Gasteiger partial charge in [0.05, 0.1) is 6.54 Å². The molecule has 0 amide bonds. The van der Waals surface area contributed by atoms with E-state index in [9.17, 15) is 8.42 Å². The summed E-state index contributed by atoms with van der Waals surface area (Å²) in [4.78, 5) is 7.97. The molecule has 2 heterocycles. The second kappa shape index (κ2) is 5.76. The number of nitrogens with zero attached hydrogens (tertiary/aromatic N) is 3. The molecule has 0 aliphatic rings. The van der Waals surface area contributed by atoms with Gasteiger partial charge in [-0.05, 0) is 19.1 Å². The lowest BCUT2D eigenvalue weighted by Crippen LogP contribution is -2.25. The van der Waals surface area contributed by atoms with Gasteiger partial charge in [0, 0.05) is 12.7 Å². The molecular weight excluding hydrogens is 268 g/mol. The number of anilines is 1. The van der Waals surface area contributed by atoms with Crippen molar-refractivity contribution < 1.29 is 8.42 Å². The topological polar surface area (TPSA) is 113 Å². The fourth-order valence-corrected chi connectivity index (χ4v) is 2.58. The molecule has 19 heavy (non-hydrogen) atoms. The second-order valence-electron chi connectivity index (χ2n) is 3.64. The monoisotopic (exact) mass is 282 g/mol. The molecule has 0 saturated heterocycles. The van der Waals surface area contributed by atoms with Crippen molar-refractivity contribution in [1.82, 2.24) is 24.9 Å². The second-order valence-corrected chi connectivity index (χ2v) is 5.37. The van der Waals surface area contributed by atoms with E-state index >= 15 is 0 Å². The lowest BCUT2D eigenvalue weighted by molar-refractivity contribution is 0.579. The van der Waals surface area contributed by atoms with Crippen molar-refractivity contribution in [3.8, 4) is 0 Å². The molecule has 0 atom stereocenters. The van der Waals surface area contributed by atoms with Crippen LogP contribution in [0.15, 0.2) is 29.6 Å². The number of nitrogens with one attached hydrogen (secondary N) is 3. The van der Waals surface area contributed by atoms with Gasteiger partial charge in [-0.3, -0.25) is 5.10 Å². The van der Waals surface area contributed by atoms with Gasteiger partial charge in [-0.1, -0.05) is 0 Å². The number of rotatable bonds is 6. The first-order valence-electron chi connectivity index (χ1n) is 5.66. The first-order chi connectivity index (χ1) is 9.13. The number of pyridine rings is 1. The molecule has 9 heteroatoms. The highest BCUT2D eigenvalue weighted by molar-refractivity contribution is 7.89. The van der Waals surface area contributed by atoms with Crippen LogP contribution in [0.1, 0.15) is 12.7 Å². The van der Waals surface area contributed by atoms with E-state index in [1.54, 1.807) is 6.07 Å². The average molecular weight is 282 g/mol. The zero-order valence-electron chi connectivity index (χ0n) is 10.3. The maximum absolute atomic E-state index is 12.2. The van der Waals surface area contributed by atoms with Crippen molar-refractivity contribution >= 4 is 15.8 Å². The molecule has 2 aromatic heterocycles. The van der Waals surface area contributed by atoms with Gasteiger partial charge in [-0.25, -0.2) is 23.1 Å². The minimum atomic E-state index is -3.65. The van der Waals surface area contributed by atoms with E-state index < -0.39 is 10.0 Å². The normalized spacial score (nSPS) is 11.4. The van der Waals surface area contributed by atoms with Crippen LogP contribution in [-0.4, -0.2) is 35.1 Å². The molecule has 2 rings (SSSR count). The zero-order valence-corrected chi connectivity index (χ0v) is 11.1. The van der Waals surface area contributed by atoms with Crippen LogP contribution in [0, 0.1) is 0 Å². The quantitative estimate of drug-likeness (QED) is 0.693. The van der Waals surface area contributed by atoms with Crippen molar-refractivity contribution in [3.05, 3.63) is 30.5 Å². The van der Waals surface area contributed by atoms with Gasteiger partial charge in [0.2, 0.25) is 10.0 Å².